The topological polar surface area (TPSA) is 38.5 Å². The van der Waals surface area contributed by atoms with Crippen molar-refractivity contribution in [1.29, 1.82) is 0 Å². The minimum absolute atomic E-state index is 0.763. The van der Waals surface area contributed by atoms with Crippen LogP contribution in [0.3, 0.4) is 0 Å². The van der Waals surface area contributed by atoms with Gasteiger partial charge in [-0.25, -0.2) is 0 Å². The van der Waals surface area contributed by atoms with E-state index in [1.54, 1.807) is 7.11 Å². The number of nitrogen functional groups attached to an aromatic ring is 1. The van der Waals surface area contributed by atoms with Crippen molar-refractivity contribution in [3.8, 4) is 5.75 Å². The number of ether oxygens (including phenoxy) is 1. The lowest BCUT2D eigenvalue weighted by Crippen LogP contribution is -2.26. The van der Waals surface area contributed by atoms with E-state index in [2.05, 4.69) is 17.9 Å². The van der Waals surface area contributed by atoms with Gasteiger partial charge in [-0.15, -0.1) is 0 Å². The summed E-state index contributed by atoms with van der Waals surface area (Å²) in [6, 6.07) is 6.73. The summed E-state index contributed by atoms with van der Waals surface area (Å²) in [7, 11) is 1.71. The molecule has 17 heavy (non-hydrogen) atoms. The quantitative estimate of drug-likeness (QED) is 0.769. The SMILES string of the molecule is CCCN(Cc1ccc(N)cc1OC)C1CC1. The number of nitrogens with two attached hydrogens (primary N) is 1. The van der Waals surface area contributed by atoms with Gasteiger partial charge in [0.1, 0.15) is 5.75 Å². The number of anilines is 1. The zero-order valence-corrected chi connectivity index (χ0v) is 10.8. The van der Waals surface area contributed by atoms with Crippen LogP contribution >= 0.6 is 0 Å². The molecule has 1 aliphatic rings. The lowest BCUT2D eigenvalue weighted by Gasteiger charge is -2.22. The van der Waals surface area contributed by atoms with Gasteiger partial charge in [0.2, 0.25) is 0 Å². The van der Waals surface area contributed by atoms with Crippen LogP contribution in [-0.2, 0) is 6.54 Å². The summed E-state index contributed by atoms with van der Waals surface area (Å²) in [4.78, 5) is 2.55. The first-order valence-electron chi connectivity index (χ1n) is 6.41. The Bertz CT molecular complexity index is 374. The molecule has 0 amide bonds. The summed E-state index contributed by atoms with van der Waals surface area (Å²) in [5.41, 5.74) is 7.77. The minimum Gasteiger partial charge on any atom is -0.496 e. The second-order valence-electron chi connectivity index (χ2n) is 4.77. The fourth-order valence-electron chi connectivity index (χ4n) is 2.23. The zero-order valence-electron chi connectivity index (χ0n) is 10.8. The lowest BCUT2D eigenvalue weighted by atomic mass is 10.1. The van der Waals surface area contributed by atoms with Crippen molar-refractivity contribution < 1.29 is 4.74 Å². The van der Waals surface area contributed by atoms with E-state index in [0.29, 0.717) is 0 Å². The molecule has 0 aliphatic heterocycles. The Kier molecular flexibility index (Phi) is 3.89. The third-order valence-electron chi connectivity index (χ3n) is 3.26. The van der Waals surface area contributed by atoms with Crippen molar-refractivity contribution in [2.75, 3.05) is 19.4 Å². The van der Waals surface area contributed by atoms with E-state index in [4.69, 9.17) is 10.5 Å². The number of benzene rings is 1. The number of methoxy groups -OCH3 is 1. The molecule has 2 N–H and O–H groups in total. The molecule has 0 aromatic heterocycles. The first-order chi connectivity index (χ1) is 8.24. The van der Waals surface area contributed by atoms with Gasteiger partial charge in [-0.2, -0.15) is 0 Å². The third-order valence-corrected chi connectivity index (χ3v) is 3.26. The number of hydrogen-bond donors (Lipinski definition) is 1. The Morgan fingerprint density at radius 1 is 1.41 bits per heavy atom. The van der Waals surface area contributed by atoms with Gasteiger partial charge in [0, 0.05) is 29.9 Å². The Hall–Kier alpha value is -1.22. The van der Waals surface area contributed by atoms with E-state index in [1.165, 1.54) is 24.8 Å². The van der Waals surface area contributed by atoms with Crippen LogP contribution < -0.4 is 10.5 Å². The van der Waals surface area contributed by atoms with E-state index in [-0.39, 0.29) is 0 Å². The van der Waals surface area contributed by atoms with Crippen LogP contribution in [0, 0.1) is 0 Å². The summed E-state index contributed by atoms with van der Waals surface area (Å²) < 4.78 is 5.40. The maximum absolute atomic E-state index is 5.77. The van der Waals surface area contributed by atoms with Crippen molar-refractivity contribution >= 4 is 5.69 Å². The Morgan fingerprint density at radius 2 is 2.18 bits per heavy atom. The van der Waals surface area contributed by atoms with Gasteiger partial charge >= 0.3 is 0 Å². The second kappa shape index (κ2) is 5.41. The van der Waals surface area contributed by atoms with Crippen LogP contribution in [0.1, 0.15) is 31.7 Å². The van der Waals surface area contributed by atoms with Gasteiger partial charge in [-0.05, 0) is 31.9 Å². The Balaban J connectivity index is 2.10. The fraction of sp³-hybridized carbons (Fsp3) is 0.571. The van der Waals surface area contributed by atoms with Gasteiger partial charge < -0.3 is 10.5 Å². The third kappa shape index (κ3) is 3.13. The molecule has 94 valence electrons. The average molecular weight is 234 g/mol. The van der Waals surface area contributed by atoms with Crippen molar-refractivity contribution in [3.05, 3.63) is 23.8 Å². The van der Waals surface area contributed by atoms with E-state index in [9.17, 15) is 0 Å². The molecule has 0 atom stereocenters. The van der Waals surface area contributed by atoms with Crippen molar-refractivity contribution in [1.82, 2.24) is 4.90 Å². The lowest BCUT2D eigenvalue weighted by molar-refractivity contribution is 0.251. The summed E-state index contributed by atoms with van der Waals surface area (Å²) in [6.07, 6.45) is 3.89. The van der Waals surface area contributed by atoms with Crippen molar-refractivity contribution in [2.24, 2.45) is 0 Å². The molecule has 1 aromatic carbocycles. The Morgan fingerprint density at radius 3 is 2.76 bits per heavy atom. The summed E-state index contributed by atoms with van der Waals surface area (Å²) in [5, 5.41) is 0. The van der Waals surface area contributed by atoms with Crippen LogP contribution in [0.5, 0.6) is 5.75 Å². The second-order valence-corrected chi connectivity index (χ2v) is 4.77. The molecule has 2 rings (SSSR count). The summed E-state index contributed by atoms with van der Waals surface area (Å²) in [5.74, 6) is 0.909. The highest BCUT2D eigenvalue weighted by atomic mass is 16.5. The van der Waals surface area contributed by atoms with Gasteiger partial charge in [0.05, 0.1) is 7.11 Å². The monoisotopic (exact) mass is 234 g/mol. The van der Waals surface area contributed by atoms with Crippen molar-refractivity contribution in [3.63, 3.8) is 0 Å². The highest BCUT2D eigenvalue weighted by Gasteiger charge is 2.28. The molecule has 1 aromatic rings. The average Bonchev–Trinajstić information content (AvgIpc) is 3.14. The Labute approximate surface area is 104 Å². The number of nitrogens with zero attached hydrogens (tertiary/aromatic N) is 1. The van der Waals surface area contributed by atoms with Crippen LogP contribution in [-0.4, -0.2) is 24.6 Å². The molecular weight excluding hydrogens is 212 g/mol. The number of hydrogen-bond acceptors (Lipinski definition) is 3. The van der Waals surface area contributed by atoms with Gasteiger partial charge in [0.25, 0.3) is 0 Å². The van der Waals surface area contributed by atoms with Crippen molar-refractivity contribution in [2.45, 2.75) is 38.8 Å². The predicted molar refractivity (Wildman–Crippen MR) is 71.1 cm³/mol. The fourth-order valence-corrected chi connectivity index (χ4v) is 2.23. The molecule has 0 unspecified atom stereocenters. The molecule has 3 heteroatoms. The standard InChI is InChI=1S/C14H22N2O/c1-3-8-16(13-6-7-13)10-11-4-5-12(15)9-14(11)17-2/h4-5,9,13H,3,6-8,10,15H2,1-2H3. The maximum atomic E-state index is 5.77. The molecule has 0 saturated heterocycles. The molecule has 1 fully saturated rings. The van der Waals surface area contributed by atoms with Gasteiger partial charge in [-0.1, -0.05) is 13.0 Å². The minimum atomic E-state index is 0.763. The van der Waals surface area contributed by atoms with Gasteiger partial charge in [-0.3, -0.25) is 4.90 Å². The molecule has 1 saturated carbocycles. The normalized spacial score (nSPS) is 15.2. The highest BCUT2D eigenvalue weighted by Crippen LogP contribution is 2.31. The van der Waals surface area contributed by atoms with E-state index in [0.717, 1.165) is 30.6 Å². The maximum Gasteiger partial charge on any atom is 0.125 e. The van der Waals surface area contributed by atoms with Crippen LogP contribution in [0.15, 0.2) is 18.2 Å². The van der Waals surface area contributed by atoms with Crippen LogP contribution in [0.2, 0.25) is 0 Å². The smallest absolute Gasteiger partial charge is 0.125 e. The molecule has 0 spiro atoms. The summed E-state index contributed by atoms with van der Waals surface area (Å²) >= 11 is 0. The highest BCUT2D eigenvalue weighted by molar-refractivity contribution is 5.48. The molecule has 1 aliphatic carbocycles. The first-order valence-corrected chi connectivity index (χ1v) is 6.41. The number of rotatable bonds is 6. The van der Waals surface area contributed by atoms with E-state index in [1.807, 2.05) is 12.1 Å². The van der Waals surface area contributed by atoms with E-state index >= 15 is 0 Å². The molecule has 0 radical (unpaired) electrons. The summed E-state index contributed by atoms with van der Waals surface area (Å²) in [6.45, 7) is 4.37. The molecule has 0 bridgehead atoms. The first kappa shape index (κ1) is 12.2. The molecular formula is C14H22N2O. The van der Waals surface area contributed by atoms with Gasteiger partial charge in [0.15, 0.2) is 0 Å². The van der Waals surface area contributed by atoms with Crippen LogP contribution in [0.25, 0.3) is 0 Å². The zero-order chi connectivity index (χ0) is 12.3. The predicted octanol–water partition coefficient (Wildman–Crippen LogP) is 2.65. The largest absolute Gasteiger partial charge is 0.496 e. The molecule has 0 heterocycles. The van der Waals surface area contributed by atoms with Crippen LogP contribution in [0.4, 0.5) is 5.69 Å². The van der Waals surface area contributed by atoms with E-state index < -0.39 is 0 Å². The molecule has 3 nitrogen and oxygen atoms in total.